The van der Waals surface area contributed by atoms with Crippen molar-refractivity contribution < 1.29 is 9.53 Å². The van der Waals surface area contributed by atoms with Crippen molar-refractivity contribution in [2.45, 2.75) is 25.9 Å². The second-order valence-corrected chi connectivity index (χ2v) is 4.89. The first-order chi connectivity index (χ1) is 9.76. The fourth-order valence-corrected chi connectivity index (χ4v) is 2.41. The van der Waals surface area contributed by atoms with Gasteiger partial charge in [0.2, 0.25) is 5.91 Å². The van der Waals surface area contributed by atoms with Crippen molar-refractivity contribution in [3.8, 4) is 5.75 Å². The summed E-state index contributed by atoms with van der Waals surface area (Å²) in [4.78, 5) is 14.4. The average molecular weight is 274 g/mol. The number of ether oxygens (including phenoxy) is 1. The van der Waals surface area contributed by atoms with Gasteiger partial charge in [-0.2, -0.15) is 0 Å². The van der Waals surface area contributed by atoms with E-state index in [0.717, 1.165) is 30.8 Å². The Kier molecular flexibility index (Phi) is 5.18. The fraction of sp³-hybridized carbons (Fsp3) is 0.438. The zero-order valence-corrected chi connectivity index (χ0v) is 12.1. The molecule has 1 amide bonds. The number of methoxy groups -OCH3 is 1. The Morgan fingerprint density at radius 2 is 2.25 bits per heavy atom. The number of rotatable bonds is 6. The van der Waals surface area contributed by atoms with Gasteiger partial charge in [-0.3, -0.25) is 10.1 Å². The predicted molar refractivity (Wildman–Crippen MR) is 79.6 cm³/mol. The number of benzene rings is 1. The Bertz CT molecular complexity index is 485. The number of nitrogens with one attached hydrogen (secondary N) is 1. The molecule has 0 bridgehead atoms. The molecule has 4 nitrogen and oxygen atoms in total. The summed E-state index contributed by atoms with van der Waals surface area (Å²) in [7, 11) is 1.66. The first kappa shape index (κ1) is 14.6. The van der Waals surface area contributed by atoms with Crippen LogP contribution in [0.25, 0.3) is 0 Å². The van der Waals surface area contributed by atoms with Gasteiger partial charge >= 0.3 is 0 Å². The summed E-state index contributed by atoms with van der Waals surface area (Å²) in [5.74, 6) is 0.961. The third kappa shape index (κ3) is 3.39. The van der Waals surface area contributed by atoms with Crippen LogP contribution in [0.2, 0.25) is 0 Å². The number of carbonyl (C=O) groups is 1. The van der Waals surface area contributed by atoms with Crippen LogP contribution in [0.4, 0.5) is 0 Å². The summed E-state index contributed by atoms with van der Waals surface area (Å²) in [6, 6.07) is 7.66. The van der Waals surface area contributed by atoms with E-state index in [1.54, 1.807) is 7.11 Å². The lowest BCUT2D eigenvalue weighted by molar-refractivity contribution is -0.132. The van der Waals surface area contributed by atoms with Gasteiger partial charge in [0.05, 0.1) is 7.11 Å². The quantitative estimate of drug-likeness (QED) is 0.806. The Hall–Kier alpha value is -1.81. The van der Waals surface area contributed by atoms with Crippen molar-refractivity contribution in [1.82, 2.24) is 10.2 Å². The molecule has 0 saturated heterocycles. The van der Waals surface area contributed by atoms with E-state index in [1.807, 2.05) is 41.3 Å². The summed E-state index contributed by atoms with van der Waals surface area (Å²) in [6.45, 7) is 4.19. The van der Waals surface area contributed by atoms with Crippen molar-refractivity contribution in [1.29, 1.82) is 0 Å². The van der Waals surface area contributed by atoms with Crippen molar-refractivity contribution in [3.63, 3.8) is 0 Å². The third-order valence-corrected chi connectivity index (χ3v) is 3.41. The number of amides is 1. The standard InChI is InChI=1S/C16H22N2O2/c1-3-11-18(16(19)14-8-6-10-17-14)12-13-7-4-5-9-15(13)20-2/h4-9,14,17H,3,10-12H2,1-2H3/t14-/m0/s1. The zero-order valence-electron chi connectivity index (χ0n) is 12.1. The number of hydrogen-bond donors (Lipinski definition) is 1. The Morgan fingerprint density at radius 1 is 1.45 bits per heavy atom. The predicted octanol–water partition coefficient (Wildman–Crippen LogP) is 1.96. The minimum absolute atomic E-state index is 0.131. The van der Waals surface area contributed by atoms with Gasteiger partial charge in [0.15, 0.2) is 0 Å². The molecular formula is C16H22N2O2. The van der Waals surface area contributed by atoms with Crippen LogP contribution in [-0.2, 0) is 11.3 Å². The number of carbonyl (C=O) groups excluding carboxylic acids is 1. The summed E-state index contributed by atoms with van der Waals surface area (Å²) in [6.07, 6.45) is 4.88. The van der Waals surface area contributed by atoms with Gasteiger partial charge in [-0.25, -0.2) is 0 Å². The van der Waals surface area contributed by atoms with Crippen molar-refractivity contribution >= 4 is 5.91 Å². The molecule has 1 N–H and O–H groups in total. The van der Waals surface area contributed by atoms with E-state index < -0.39 is 0 Å². The minimum Gasteiger partial charge on any atom is -0.496 e. The van der Waals surface area contributed by atoms with E-state index in [4.69, 9.17) is 4.74 Å². The molecule has 4 heteroatoms. The average Bonchev–Trinajstić information content (AvgIpc) is 3.01. The fourth-order valence-electron chi connectivity index (χ4n) is 2.41. The van der Waals surface area contributed by atoms with Gasteiger partial charge in [-0.1, -0.05) is 37.3 Å². The molecule has 0 aromatic heterocycles. The molecule has 20 heavy (non-hydrogen) atoms. The molecule has 1 aromatic carbocycles. The second-order valence-electron chi connectivity index (χ2n) is 4.89. The third-order valence-electron chi connectivity index (χ3n) is 3.41. The topological polar surface area (TPSA) is 41.6 Å². The lowest BCUT2D eigenvalue weighted by Gasteiger charge is -2.25. The van der Waals surface area contributed by atoms with Gasteiger partial charge in [-0.05, 0) is 12.5 Å². The Balaban J connectivity index is 2.12. The molecular weight excluding hydrogens is 252 g/mol. The Labute approximate surface area is 120 Å². The van der Waals surface area contributed by atoms with E-state index in [-0.39, 0.29) is 11.9 Å². The van der Waals surface area contributed by atoms with Gasteiger partial charge in [0.25, 0.3) is 0 Å². The van der Waals surface area contributed by atoms with Crippen LogP contribution in [0.3, 0.4) is 0 Å². The molecule has 0 radical (unpaired) electrons. The smallest absolute Gasteiger partial charge is 0.243 e. The highest BCUT2D eigenvalue weighted by atomic mass is 16.5. The Morgan fingerprint density at radius 3 is 2.90 bits per heavy atom. The van der Waals surface area contributed by atoms with Gasteiger partial charge in [0, 0.05) is 25.2 Å². The van der Waals surface area contributed by atoms with Crippen LogP contribution in [-0.4, -0.2) is 37.0 Å². The van der Waals surface area contributed by atoms with Gasteiger partial charge < -0.3 is 9.64 Å². The lowest BCUT2D eigenvalue weighted by atomic mass is 10.1. The molecule has 1 aliphatic rings. The van der Waals surface area contributed by atoms with E-state index in [0.29, 0.717) is 6.54 Å². The lowest BCUT2D eigenvalue weighted by Crippen LogP contribution is -2.43. The van der Waals surface area contributed by atoms with Crippen LogP contribution in [0.1, 0.15) is 18.9 Å². The second kappa shape index (κ2) is 7.10. The first-order valence-electron chi connectivity index (χ1n) is 7.07. The zero-order chi connectivity index (χ0) is 14.4. The van der Waals surface area contributed by atoms with Crippen LogP contribution >= 0.6 is 0 Å². The number of nitrogens with zero attached hydrogens (tertiary/aromatic N) is 1. The first-order valence-corrected chi connectivity index (χ1v) is 7.07. The minimum atomic E-state index is -0.184. The largest absolute Gasteiger partial charge is 0.496 e. The molecule has 1 aliphatic heterocycles. The molecule has 108 valence electrons. The van der Waals surface area contributed by atoms with Crippen LogP contribution in [0.15, 0.2) is 36.4 Å². The van der Waals surface area contributed by atoms with E-state index in [2.05, 4.69) is 12.2 Å². The van der Waals surface area contributed by atoms with Crippen LogP contribution < -0.4 is 10.1 Å². The van der Waals surface area contributed by atoms with E-state index in [9.17, 15) is 4.79 Å². The molecule has 1 atom stereocenters. The molecule has 0 saturated carbocycles. The van der Waals surface area contributed by atoms with Gasteiger partial charge in [-0.15, -0.1) is 0 Å². The molecule has 0 fully saturated rings. The van der Waals surface area contributed by atoms with E-state index >= 15 is 0 Å². The number of hydrogen-bond acceptors (Lipinski definition) is 3. The van der Waals surface area contributed by atoms with Gasteiger partial charge in [0.1, 0.15) is 11.8 Å². The van der Waals surface area contributed by atoms with E-state index in [1.165, 1.54) is 0 Å². The molecule has 2 rings (SSSR count). The highest BCUT2D eigenvalue weighted by Gasteiger charge is 2.23. The molecule has 1 heterocycles. The molecule has 0 spiro atoms. The van der Waals surface area contributed by atoms with Crippen LogP contribution in [0, 0.1) is 0 Å². The van der Waals surface area contributed by atoms with Crippen LogP contribution in [0.5, 0.6) is 5.75 Å². The van der Waals surface area contributed by atoms with Crippen molar-refractivity contribution in [2.24, 2.45) is 0 Å². The SMILES string of the molecule is CCCN(Cc1ccccc1OC)C(=O)[C@@H]1C=CCN1. The summed E-state index contributed by atoms with van der Waals surface area (Å²) < 4.78 is 5.36. The highest BCUT2D eigenvalue weighted by molar-refractivity contribution is 5.84. The highest BCUT2D eigenvalue weighted by Crippen LogP contribution is 2.20. The van der Waals surface area contributed by atoms with Crippen molar-refractivity contribution in [2.75, 3.05) is 20.2 Å². The maximum absolute atomic E-state index is 12.5. The normalized spacial score (nSPS) is 17.2. The summed E-state index contributed by atoms with van der Waals surface area (Å²) in [5, 5.41) is 3.18. The summed E-state index contributed by atoms with van der Waals surface area (Å²) >= 11 is 0. The summed E-state index contributed by atoms with van der Waals surface area (Å²) in [5.41, 5.74) is 1.04. The monoisotopic (exact) mass is 274 g/mol. The molecule has 0 unspecified atom stereocenters. The maximum Gasteiger partial charge on any atom is 0.243 e. The van der Waals surface area contributed by atoms with Crippen molar-refractivity contribution in [3.05, 3.63) is 42.0 Å². The molecule has 0 aliphatic carbocycles. The maximum atomic E-state index is 12.5. The number of para-hydroxylation sites is 1. The molecule has 1 aromatic rings.